The zero-order valence-corrected chi connectivity index (χ0v) is 10.0. The average molecular weight is 226 g/mol. The number of rotatable bonds is 5. The van der Waals surface area contributed by atoms with Crippen molar-refractivity contribution < 1.29 is 19.1 Å². The molecule has 1 heterocycles. The SMILES string of the molecule is CCCCc1oc(C)c(C(=O)OCC)c1O. The highest BCUT2D eigenvalue weighted by atomic mass is 16.5. The zero-order chi connectivity index (χ0) is 12.1. The molecule has 0 fully saturated rings. The fourth-order valence-electron chi connectivity index (χ4n) is 1.54. The van der Waals surface area contributed by atoms with Gasteiger partial charge in [0.25, 0.3) is 0 Å². The Hall–Kier alpha value is -1.45. The van der Waals surface area contributed by atoms with Crippen LogP contribution >= 0.6 is 0 Å². The van der Waals surface area contributed by atoms with Crippen molar-refractivity contribution in [2.24, 2.45) is 0 Å². The highest BCUT2D eigenvalue weighted by Crippen LogP contribution is 2.30. The molecule has 1 aromatic rings. The summed E-state index contributed by atoms with van der Waals surface area (Å²) in [6, 6.07) is 0. The van der Waals surface area contributed by atoms with E-state index in [1.165, 1.54) is 0 Å². The Morgan fingerprint density at radius 3 is 2.69 bits per heavy atom. The largest absolute Gasteiger partial charge is 0.504 e. The molecule has 0 atom stereocenters. The summed E-state index contributed by atoms with van der Waals surface area (Å²) in [7, 11) is 0. The second kappa shape index (κ2) is 5.58. The summed E-state index contributed by atoms with van der Waals surface area (Å²) in [5.74, 6) is 0.304. The molecule has 0 amide bonds. The maximum atomic E-state index is 11.5. The topological polar surface area (TPSA) is 59.7 Å². The van der Waals surface area contributed by atoms with Crippen LogP contribution in [-0.4, -0.2) is 17.7 Å². The Morgan fingerprint density at radius 2 is 2.12 bits per heavy atom. The van der Waals surface area contributed by atoms with Crippen LogP contribution in [0.5, 0.6) is 5.75 Å². The standard InChI is InChI=1S/C12H18O4/c1-4-6-7-9-11(13)10(8(3)16-9)12(14)15-5-2/h13H,4-7H2,1-3H3. The van der Waals surface area contributed by atoms with Crippen LogP contribution in [0.15, 0.2) is 4.42 Å². The normalized spacial score (nSPS) is 10.4. The molecule has 0 aliphatic rings. The van der Waals surface area contributed by atoms with Gasteiger partial charge in [-0.05, 0) is 20.3 Å². The molecule has 1 aromatic heterocycles. The predicted molar refractivity (Wildman–Crippen MR) is 59.7 cm³/mol. The molecule has 1 N–H and O–H groups in total. The number of unbranched alkanes of at least 4 members (excludes halogenated alkanes) is 1. The Morgan fingerprint density at radius 1 is 1.44 bits per heavy atom. The number of carbonyl (C=O) groups is 1. The fraction of sp³-hybridized carbons (Fsp3) is 0.583. The van der Waals surface area contributed by atoms with Crippen molar-refractivity contribution in [3.63, 3.8) is 0 Å². The Kier molecular flexibility index (Phi) is 4.40. The molecule has 0 aromatic carbocycles. The van der Waals surface area contributed by atoms with Gasteiger partial charge >= 0.3 is 5.97 Å². The van der Waals surface area contributed by atoms with Crippen LogP contribution in [0.1, 0.15) is 48.6 Å². The summed E-state index contributed by atoms with van der Waals surface area (Å²) in [6.45, 7) is 5.72. The minimum Gasteiger partial charge on any atom is -0.504 e. The van der Waals surface area contributed by atoms with Gasteiger partial charge in [-0.25, -0.2) is 4.79 Å². The molecule has 0 saturated heterocycles. The van der Waals surface area contributed by atoms with Gasteiger partial charge in [0.05, 0.1) is 6.61 Å². The van der Waals surface area contributed by atoms with Gasteiger partial charge in [-0.3, -0.25) is 0 Å². The van der Waals surface area contributed by atoms with Gasteiger partial charge in [0, 0.05) is 6.42 Å². The predicted octanol–water partition coefficient (Wildman–Crippen LogP) is 2.81. The molecule has 90 valence electrons. The van der Waals surface area contributed by atoms with E-state index in [1.54, 1.807) is 13.8 Å². The van der Waals surface area contributed by atoms with Crippen molar-refractivity contribution in [2.75, 3.05) is 6.61 Å². The van der Waals surface area contributed by atoms with E-state index in [1.807, 2.05) is 0 Å². The lowest BCUT2D eigenvalue weighted by Crippen LogP contribution is -2.05. The molecule has 1 rings (SSSR count). The second-order valence-corrected chi connectivity index (χ2v) is 3.63. The molecule has 0 bridgehead atoms. The molecular formula is C12H18O4. The van der Waals surface area contributed by atoms with Gasteiger partial charge < -0.3 is 14.3 Å². The number of hydrogen-bond donors (Lipinski definition) is 1. The summed E-state index contributed by atoms with van der Waals surface area (Å²) in [6.07, 6.45) is 2.57. The average Bonchev–Trinajstić information content (AvgIpc) is 2.51. The first-order chi connectivity index (χ1) is 7.61. The molecule has 0 unspecified atom stereocenters. The summed E-state index contributed by atoms with van der Waals surface area (Å²) < 4.78 is 10.2. The van der Waals surface area contributed by atoms with Crippen molar-refractivity contribution >= 4 is 5.97 Å². The van der Waals surface area contributed by atoms with Crippen LogP contribution in [0, 0.1) is 6.92 Å². The van der Waals surface area contributed by atoms with Crippen LogP contribution in [0.4, 0.5) is 0 Å². The summed E-state index contributed by atoms with van der Waals surface area (Å²) in [5, 5.41) is 9.84. The number of ether oxygens (including phenoxy) is 1. The smallest absolute Gasteiger partial charge is 0.345 e. The molecule has 0 aliphatic heterocycles. The first kappa shape index (κ1) is 12.6. The van der Waals surface area contributed by atoms with Gasteiger partial charge in [-0.2, -0.15) is 0 Å². The third-order valence-electron chi connectivity index (χ3n) is 2.37. The Labute approximate surface area is 95.2 Å². The molecule has 0 spiro atoms. The molecule has 0 radical (unpaired) electrons. The number of aromatic hydroxyl groups is 1. The lowest BCUT2D eigenvalue weighted by Gasteiger charge is -2.00. The number of hydrogen-bond acceptors (Lipinski definition) is 4. The second-order valence-electron chi connectivity index (χ2n) is 3.63. The Bertz CT molecular complexity index is 365. The summed E-state index contributed by atoms with van der Waals surface area (Å²) in [4.78, 5) is 11.5. The van der Waals surface area contributed by atoms with Crippen molar-refractivity contribution in [3.8, 4) is 5.75 Å². The van der Waals surface area contributed by atoms with E-state index in [-0.39, 0.29) is 17.9 Å². The molecule has 4 heteroatoms. The first-order valence-electron chi connectivity index (χ1n) is 5.60. The Balaban J connectivity index is 2.92. The minimum absolute atomic E-state index is 0.0654. The van der Waals surface area contributed by atoms with Crippen LogP contribution < -0.4 is 0 Å². The van der Waals surface area contributed by atoms with Gasteiger partial charge in [0.15, 0.2) is 5.75 Å². The summed E-state index contributed by atoms with van der Waals surface area (Å²) >= 11 is 0. The monoisotopic (exact) mass is 226 g/mol. The van der Waals surface area contributed by atoms with Gasteiger partial charge in [0.1, 0.15) is 17.1 Å². The maximum Gasteiger partial charge on any atom is 0.345 e. The molecule has 0 saturated carbocycles. The third kappa shape index (κ3) is 2.56. The lowest BCUT2D eigenvalue weighted by molar-refractivity contribution is 0.0521. The van der Waals surface area contributed by atoms with Crippen molar-refractivity contribution in [1.29, 1.82) is 0 Å². The first-order valence-corrected chi connectivity index (χ1v) is 5.60. The summed E-state index contributed by atoms with van der Waals surface area (Å²) in [5.41, 5.74) is 0.160. The molecule has 4 nitrogen and oxygen atoms in total. The van der Waals surface area contributed by atoms with Gasteiger partial charge in [0.2, 0.25) is 0 Å². The quantitative estimate of drug-likeness (QED) is 0.784. The maximum absolute atomic E-state index is 11.5. The van der Waals surface area contributed by atoms with E-state index >= 15 is 0 Å². The highest BCUT2D eigenvalue weighted by Gasteiger charge is 2.23. The van der Waals surface area contributed by atoms with E-state index in [9.17, 15) is 9.90 Å². The fourth-order valence-corrected chi connectivity index (χ4v) is 1.54. The van der Waals surface area contributed by atoms with Crippen LogP contribution in [-0.2, 0) is 11.2 Å². The minimum atomic E-state index is -0.524. The number of carbonyl (C=O) groups excluding carboxylic acids is 1. The molecule has 16 heavy (non-hydrogen) atoms. The van der Waals surface area contributed by atoms with Crippen LogP contribution in [0.3, 0.4) is 0 Å². The van der Waals surface area contributed by atoms with Crippen molar-refractivity contribution in [3.05, 3.63) is 17.1 Å². The van der Waals surface area contributed by atoms with Crippen LogP contribution in [0.25, 0.3) is 0 Å². The van der Waals surface area contributed by atoms with Gasteiger partial charge in [-0.15, -0.1) is 0 Å². The van der Waals surface area contributed by atoms with Crippen LogP contribution in [0.2, 0.25) is 0 Å². The number of furan rings is 1. The van der Waals surface area contributed by atoms with Crippen molar-refractivity contribution in [1.82, 2.24) is 0 Å². The number of aryl methyl sites for hydroxylation is 2. The van der Waals surface area contributed by atoms with E-state index in [0.29, 0.717) is 17.9 Å². The third-order valence-corrected chi connectivity index (χ3v) is 2.37. The van der Waals surface area contributed by atoms with Gasteiger partial charge in [-0.1, -0.05) is 13.3 Å². The highest BCUT2D eigenvalue weighted by molar-refractivity contribution is 5.93. The van der Waals surface area contributed by atoms with E-state index < -0.39 is 5.97 Å². The number of esters is 1. The van der Waals surface area contributed by atoms with E-state index in [4.69, 9.17) is 9.15 Å². The van der Waals surface area contributed by atoms with E-state index in [2.05, 4.69) is 6.92 Å². The van der Waals surface area contributed by atoms with Crippen molar-refractivity contribution in [2.45, 2.75) is 40.0 Å². The molecular weight excluding hydrogens is 208 g/mol. The molecule has 0 aliphatic carbocycles. The zero-order valence-electron chi connectivity index (χ0n) is 10.0. The van der Waals surface area contributed by atoms with E-state index in [0.717, 1.165) is 12.8 Å². The lowest BCUT2D eigenvalue weighted by atomic mass is 10.1.